The third-order valence-electron chi connectivity index (χ3n) is 3.68. The van der Waals surface area contributed by atoms with Gasteiger partial charge in [0.1, 0.15) is 0 Å². The summed E-state index contributed by atoms with van der Waals surface area (Å²) >= 11 is 0. The number of nitrogens with zero attached hydrogens (tertiary/aromatic N) is 1. The summed E-state index contributed by atoms with van der Waals surface area (Å²) in [5.41, 5.74) is 0. The Balaban J connectivity index is 4.17. The Kier molecular flexibility index (Phi) is 14.8. The smallest absolute Gasteiger partial charge is 0.220 e. The van der Waals surface area contributed by atoms with E-state index >= 15 is 0 Å². The largest absolute Gasteiger partial charge is 0.355 e. The molecule has 7 heteroatoms. The molecule has 0 aliphatic rings. The van der Waals surface area contributed by atoms with E-state index in [0.717, 1.165) is 19.3 Å². The maximum absolute atomic E-state index is 11.5. The molecule has 0 rings (SSSR count). The highest BCUT2D eigenvalue weighted by Crippen LogP contribution is 1.91. The van der Waals surface area contributed by atoms with Crippen molar-refractivity contribution in [3.05, 3.63) is 0 Å². The highest BCUT2D eigenvalue weighted by molar-refractivity contribution is 5.76. The Morgan fingerprint density at radius 1 is 0.600 bits per heavy atom. The molecule has 0 aromatic carbocycles. The van der Waals surface area contributed by atoms with Crippen molar-refractivity contribution < 1.29 is 14.4 Å². The van der Waals surface area contributed by atoms with Crippen LogP contribution in [-0.2, 0) is 14.4 Å². The Morgan fingerprint density at radius 3 is 1.12 bits per heavy atom. The van der Waals surface area contributed by atoms with E-state index in [-0.39, 0.29) is 17.7 Å². The second kappa shape index (κ2) is 15.9. The van der Waals surface area contributed by atoms with Gasteiger partial charge >= 0.3 is 0 Å². The SMILES string of the molecule is CCCC(=O)NCCN(CCNC(=O)CCC)CCNC(=O)CCC. The van der Waals surface area contributed by atoms with E-state index in [2.05, 4.69) is 20.9 Å². The van der Waals surface area contributed by atoms with E-state index < -0.39 is 0 Å². The maximum atomic E-state index is 11.5. The van der Waals surface area contributed by atoms with Gasteiger partial charge in [-0.05, 0) is 19.3 Å². The number of carbonyl (C=O) groups is 3. The molecule has 0 spiro atoms. The summed E-state index contributed by atoms with van der Waals surface area (Å²) in [6.07, 6.45) is 4.13. The van der Waals surface area contributed by atoms with Crippen molar-refractivity contribution in [2.45, 2.75) is 59.3 Å². The fourth-order valence-corrected chi connectivity index (χ4v) is 2.34. The Labute approximate surface area is 152 Å². The van der Waals surface area contributed by atoms with Crippen LogP contribution in [0.15, 0.2) is 0 Å². The molecule has 0 fully saturated rings. The normalized spacial score (nSPS) is 10.6. The van der Waals surface area contributed by atoms with Crippen LogP contribution in [-0.4, -0.2) is 61.9 Å². The number of hydrogen-bond donors (Lipinski definition) is 3. The van der Waals surface area contributed by atoms with Crippen molar-refractivity contribution in [1.29, 1.82) is 0 Å². The zero-order valence-corrected chi connectivity index (χ0v) is 16.2. The topological polar surface area (TPSA) is 90.5 Å². The third-order valence-corrected chi connectivity index (χ3v) is 3.68. The molecule has 3 N–H and O–H groups in total. The van der Waals surface area contributed by atoms with Crippen LogP contribution in [0.2, 0.25) is 0 Å². The van der Waals surface area contributed by atoms with Gasteiger partial charge in [0.2, 0.25) is 17.7 Å². The molecule has 146 valence electrons. The molecule has 0 atom stereocenters. The highest BCUT2D eigenvalue weighted by Gasteiger charge is 2.08. The van der Waals surface area contributed by atoms with Crippen LogP contribution >= 0.6 is 0 Å². The van der Waals surface area contributed by atoms with Crippen LogP contribution in [0.25, 0.3) is 0 Å². The molecule has 0 aliphatic carbocycles. The molecule has 0 aromatic heterocycles. The number of carbonyl (C=O) groups excluding carboxylic acids is 3. The summed E-state index contributed by atoms with van der Waals surface area (Å²) in [4.78, 5) is 36.7. The lowest BCUT2D eigenvalue weighted by molar-refractivity contribution is -0.121. The number of hydrogen-bond acceptors (Lipinski definition) is 4. The number of nitrogens with one attached hydrogen (secondary N) is 3. The van der Waals surface area contributed by atoms with Gasteiger partial charge in [-0.2, -0.15) is 0 Å². The van der Waals surface area contributed by atoms with Crippen LogP contribution in [0.3, 0.4) is 0 Å². The lowest BCUT2D eigenvalue weighted by atomic mass is 10.3. The average Bonchev–Trinajstić information content (AvgIpc) is 2.55. The van der Waals surface area contributed by atoms with Gasteiger partial charge < -0.3 is 16.0 Å². The zero-order valence-electron chi connectivity index (χ0n) is 16.2. The Bertz CT molecular complexity index is 331. The first-order chi connectivity index (χ1) is 12.0. The summed E-state index contributed by atoms with van der Waals surface area (Å²) in [6.45, 7) is 9.74. The molecule has 0 saturated heterocycles. The van der Waals surface area contributed by atoms with Gasteiger partial charge in [0.05, 0.1) is 0 Å². The van der Waals surface area contributed by atoms with Gasteiger partial charge in [-0.1, -0.05) is 20.8 Å². The molecule has 7 nitrogen and oxygen atoms in total. The first-order valence-electron chi connectivity index (χ1n) is 9.55. The molecule has 0 unspecified atom stereocenters. The molecule has 0 saturated carbocycles. The summed E-state index contributed by atoms with van der Waals surface area (Å²) in [5.74, 6) is 0.194. The zero-order chi connectivity index (χ0) is 18.9. The Morgan fingerprint density at radius 2 is 0.880 bits per heavy atom. The molecule has 0 heterocycles. The lowest BCUT2D eigenvalue weighted by Gasteiger charge is -2.23. The predicted molar refractivity (Wildman–Crippen MR) is 100 cm³/mol. The maximum Gasteiger partial charge on any atom is 0.220 e. The molecule has 0 aromatic rings. The van der Waals surface area contributed by atoms with Crippen molar-refractivity contribution in [3.8, 4) is 0 Å². The summed E-state index contributed by atoms with van der Waals surface area (Å²) in [6, 6.07) is 0. The molecule has 0 radical (unpaired) electrons. The van der Waals surface area contributed by atoms with Crippen LogP contribution in [0, 0.1) is 0 Å². The van der Waals surface area contributed by atoms with E-state index in [9.17, 15) is 14.4 Å². The van der Waals surface area contributed by atoms with Crippen LogP contribution in [0.5, 0.6) is 0 Å². The molecule has 25 heavy (non-hydrogen) atoms. The van der Waals surface area contributed by atoms with E-state index in [0.29, 0.717) is 58.5 Å². The predicted octanol–water partition coefficient (Wildman–Crippen LogP) is 1.04. The van der Waals surface area contributed by atoms with E-state index in [4.69, 9.17) is 0 Å². The van der Waals surface area contributed by atoms with Crippen LogP contribution in [0.1, 0.15) is 59.3 Å². The second-order valence-electron chi connectivity index (χ2n) is 6.14. The fourth-order valence-electron chi connectivity index (χ4n) is 2.34. The van der Waals surface area contributed by atoms with Crippen molar-refractivity contribution >= 4 is 17.7 Å². The monoisotopic (exact) mass is 356 g/mol. The van der Waals surface area contributed by atoms with E-state index in [1.807, 2.05) is 20.8 Å². The molecular formula is C18H36N4O3. The van der Waals surface area contributed by atoms with Gasteiger partial charge in [-0.25, -0.2) is 0 Å². The molecular weight excluding hydrogens is 320 g/mol. The van der Waals surface area contributed by atoms with E-state index in [1.54, 1.807) is 0 Å². The Hall–Kier alpha value is -1.63. The van der Waals surface area contributed by atoms with Crippen LogP contribution in [0.4, 0.5) is 0 Å². The van der Waals surface area contributed by atoms with Gasteiger partial charge in [0.15, 0.2) is 0 Å². The number of amides is 3. The number of rotatable bonds is 15. The first kappa shape index (κ1) is 23.4. The van der Waals surface area contributed by atoms with Gasteiger partial charge in [0.25, 0.3) is 0 Å². The van der Waals surface area contributed by atoms with Gasteiger partial charge in [-0.15, -0.1) is 0 Å². The quantitative estimate of drug-likeness (QED) is 0.409. The second-order valence-corrected chi connectivity index (χ2v) is 6.14. The average molecular weight is 357 g/mol. The van der Waals surface area contributed by atoms with Crippen molar-refractivity contribution in [2.24, 2.45) is 0 Å². The van der Waals surface area contributed by atoms with Crippen molar-refractivity contribution in [1.82, 2.24) is 20.9 Å². The van der Waals surface area contributed by atoms with Gasteiger partial charge in [0, 0.05) is 58.5 Å². The van der Waals surface area contributed by atoms with Crippen molar-refractivity contribution in [3.63, 3.8) is 0 Å². The van der Waals surface area contributed by atoms with E-state index in [1.165, 1.54) is 0 Å². The minimum atomic E-state index is 0.0648. The minimum Gasteiger partial charge on any atom is -0.355 e. The highest BCUT2D eigenvalue weighted by atomic mass is 16.2. The summed E-state index contributed by atoms with van der Waals surface area (Å²) < 4.78 is 0. The minimum absolute atomic E-state index is 0.0648. The van der Waals surface area contributed by atoms with Gasteiger partial charge in [-0.3, -0.25) is 19.3 Å². The fraction of sp³-hybridized carbons (Fsp3) is 0.833. The van der Waals surface area contributed by atoms with Crippen LogP contribution < -0.4 is 16.0 Å². The standard InChI is InChI=1S/C18H36N4O3/c1-4-7-16(23)19-10-13-22(14-11-20-17(24)8-5-2)15-12-21-18(25)9-6-3/h4-15H2,1-3H3,(H,19,23)(H,20,24)(H,21,25). The summed E-state index contributed by atoms with van der Waals surface area (Å²) in [7, 11) is 0. The molecule has 3 amide bonds. The third kappa shape index (κ3) is 14.4. The molecule has 0 bridgehead atoms. The molecule has 0 aliphatic heterocycles. The first-order valence-corrected chi connectivity index (χ1v) is 9.55. The summed E-state index contributed by atoms with van der Waals surface area (Å²) in [5, 5.41) is 8.69. The van der Waals surface area contributed by atoms with Crippen molar-refractivity contribution in [2.75, 3.05) is 39.3 Å². The lowest BCUT2D eigenvalue weighted by Crippen LogP contribution is -2.43.